The van der Waals surface area contributed by atoms with E-state index in [4.69, 9.17) is 13.7 Å². The minimum absolute atomic E-state index is 0.0371. The van der Waals surface area contributed by atoms with E-state index in [0.29, 0.717) is 30.7 Å². The molecule has 146 valence electrons. The zero-order valence-electron chi connectivity index (χ0n) is 15.0. The molecule has 0 amide bonds. The fraction of sp³-hybridized carbons (Fsp3) is 0.500. The topological polar surface area (TPSA) is 111 Å². The van der Waals surface area contributed by atoms with Crippen molar-refractivity contribution >= 4 is 16.2 Å². The highest BCUT2D eigenvalue weighted by Crippen LogP contribution is 2.56. The van der Waals surface area contributed by atoms with E-state index in [1.165, 1.54) is 14.2 Å². The molecule has 3 atom stereocenters. The van der Waals surface area contributed by atoms with Crippen LogP contribution in [0.3, 0.4) is 0 Å². The van der Waals surface area contributed by atoms with E-state index < -0.39 is 15.8 Å². The van der Waals surface area contributed by atoms with Crippen molar-refractivity contribution in [2.75, 3.05) is 20.8 Å². The smallest absolute Gasteiger partial charge is 0.446 e. The molecule has 2 bridgehead atoms. The minimum atomic E-state index is -4.76. The molecule has 1 aromatic rings. The lowest BCUT2D eigenvalue weighted by molar-refractivity contribution is -0.121. The monoisotopic (exact) mass is 395 g/mol. The summed E-state index contributed by atoms with van der Waals surface area (Å²) >= 11 is 0. The normalized spacial score (nSPS) is 29.3. The van der Waals surface area contributed by atoms with E-state index in [2.05, 4.69) is 5.32 Å². The second kappa shape index (κ2) is 6.22. The molecule has 4 rings (SSSR count). The zero-order valence-corrected chi connectivity index (χ0v) is 15.8. The van der Waals surface area contributed by atoms with Crippen molar-refractivity contribution in [2.45, 2.75) is 30.7 Å². The Bertz CT molecular complexity index is 939. The first kappa shape index (κ1) is 18.3. The van der Waals surface area contributed by atoms with Gasteiger partial charge in [0, 0.05) is 29.4 Å². The van der Waals surface area contributed by atoms with Gasteiger partial charge in [-0.1, -0.05) is 6.07 Å². The molecule has 0 aromatic heterocycles. The van der Waals surface area contributed by atoms with Crippen LogP contribution in [0, 0.1) is 5.92 Å². The number of Topliss-reactive ketones (excluding diaryl/α,β-unsaturated/α-hetero) is 1. The van der Waals surface area contributed by atoms with Crippen molar-refractivity contribution in [1.82, 2.24) is 5.32 Å². The first-order chi connectivity index (χ1) is 12.8. The fourth-order valence-corrected chi connectivity index (χ4v) is 5.31. The lowest BCUT2D eigenvalue weighted by Gasteiger charge is -2.54. The predicted molar refractivity (Wildman–Crippen MR) is 95.2 cm³/mol. The van der Waals surface area contributed by atoms with Crippen LogP contribution in [0.25, 0.3) is 0 Å². The minimum Gasteiger partial charge on any atom is -0.493 e. The van der Waals surface area contributed by atoms with Crippen LogP contribution in [0.15, 0.2) is 24.0 Å². The van der Waals surface area contributed by atoms with Crippen LogP contribution in [-0.4, -0.2) is 45.6 Å². The molecule has 3 aliphatic rings. The molecule has 27 heavy (non-hydrogen) atoms. The third-order valence-electron chi connectivity index (χ3n) is 5.91. The van der Waals surface area contributed by atoms with E-state index in [-0.39, 0.29) is 35.7 Å². The fourth-order valence-electron chi connectivity index (χ4n) is 4.94. The first-order valence-corrected chi connectivity index (χ1v) is 10.1. The largest absolute Gasteiger partial charge is 0.493 e. The van der Waals surface area contributed by atoms with Crippen LogP contribution < -0.4 is 14.2 Å². The standard InChI is InChI=1S/C18H21NO7S/c1-24-14-4-3-10-7-12-11-8-15(25-2)13(20)9-18(11,5-6-19-12)16(10)17(14)26-27(21,22)23/h3-4,8,11-12,19H,5-7,9H2,1-2H3,(H,21,22,23)/t11-,12-,18-/m0/s1. The van der Waals surface area contributed by atoms with Gasteiger partial charge < -0.3 is 19.0 Å². The second-order valence-corrected chi connectivity index (χ2v) is 8.20. The molecular weight excluding hydrogens is 374 g/mol. The van der Waals surface area contributed by atoms with E-state index >= 15 is 0 Å². The Morgan fingerprint density at radius 2 is 2.04 bits per heavy atom. The zero-order chi connectivity index (χ0) is 19.4. The van der Waals surface area contributed by atoms with Crippen molar-refractivity contribution < 1.29 is 31.4 Å². The Kier molecular flexibility index (Phi) is 4.21. The molecule has 9 heteroatoms. The van der Waals surface area contributed by atoms with Crippen molar-refractivity contribution in [1.29, 1.82) is 0 Å². The molecule has 8 nitrogen and oxygen atoms in total. The molecule has 0 unspecified atom stereocenters. The van der Waals surface area contributed by atoms with Crippen LogP contribution in [0.1, 0.15) is 24.0 Å². The lowest BCUT2D eigenvalue weighted by atomic mass is 9.54. The molecule has 0 radical (unpaired) electrons. The lowest BCUT2D eigenvalue weighted by Crippen LogP contribution is -2.60. The molecular formula is C18H21NO7S. The molecule has 1 heterocycles. The number of hydrogen-bond donors (Lipinski definition) is 2. The van der Waals surface area contributed by atoms with Gasteiger partial charge in [0.1, 0.15) is 0 Å². The number of hydrogen-bond acceptors (Lipinski definition) is 7. The number of piperidine rings is 1. The number of carbonyl (C=O) groups excluding carboxylic acids is 1. The molecule has 0 saturated carbocycles. The first-order valence-electron chi connectivity index (χ1n) is 8.68. The van der Waals surface area contributed by atoms with Gasteiger partial charge in [-0.25, -0.2) is 0 Å². The number of allylic oxidation sites excluding steroid dienone is 1. The summed E-state index contributed by atoms with van der Waals surface area (Å²) in [5.74, 6) is 0.286. The average Bonchev–Trinajstić information content (AvgIpc) is 2.59. The SMILES string of the molecule is COC1=C[C@H]2[C@@H]3Cc4ccc(OC)c(OS(=O)(=O)O)c4[C@@]2(CCN3)CC1=O. The Labute approximate surface area is 157 Å². The number of rotatable bonds is 4. The van der Waals surface area contributed by atoms with Gasteiger partial charge >= 0.3 is 10.4 Å². The number of ether oxygens (including phenoxy) is 2. The number of carbonyl (C=O) groups is 1. The maximum atomic E-state index is 12.7. The highest BCUT2D eigenvalue weighted by molar-refractivity contribution is 7.81. The Morgan fingerprint density at radius 1 is 1.26 bits per heavy atom. The van der Waals surface area contributed by atoms with Crippen LogP contribution in [0.2, 0.25) is 0 Å². The van der Waals surface area contributed by atoms with E-state index in [1.807, 2.05) is 12.1 Å². The molecule has 2 N–H and O–H groups in total. The Morgan fingerprint density at radius 3 is 2.70 bits per heavy atom. The summed E-state index contributed by atoms with van der Waals surface area (Å²) < 4.78 is 47.9. The third kappa shape index (κ3) is 2.81. The number of benzene rings is 1. The van der Waals surface area contributed by atoms with E-state index in [1.54, 1.807) is 6.07 Å². The summed E-state index contributed by atoms with van der Waals surface area (Å²) in [6.07, 6.45) is 3.27. The summed E-state index contributed by atoms with van der Waals surface area (Å²) in [7, 11) is -1.89. The molecule has 1 aliphatic heterocycles. The Balaban J connectivity index is 1.99. The van der Waals surface area contributed by atoms with E-state index in [0.717, 1.165) is 5.56 Å². The number of methoxy groups -OCH3 is 2. The molecule has 1 saturated heterocycles. The van der Waals surface area contributed by atoms with Gasteiger partial charge in [0.2, 0.25) is 0 Å². The van der Waals surface area contributed by atoms with Gasteiger partial charge in [-0.05, 0) is 37.1 Å². The summed E-state index contributed by atoms with van der Waals surface area (Å²) in [6, 6.07) is 3.58. The van der Waals surface area contributed by atoms with Crippen LogP contribution in [0.5, 0.6) is 11.5 Å². The number of fused-ring (bicyclic) bond motifs is 1. The van der Waals surface area contributed by atoms with Gasteiger partial charge in [0.15, 0.2) is 23.0 Å². The van der Waals surface area contributed by atoms with Gasteiger partial charge in [-0.2, -0.15) is 8.42 Å². The number of nitrogens with one attached hydrogen (secondary N) is 1. The second-order valence-electron chi connectivity index (χ2n) is 7.17. The van der Waals surface area contributed by atoms with Gasteiger partial charge in [-0.15, -0.1) is 0 Å². The molecule has 0 spiro atoms. The van der Waals surface area contributed by atoms with Gasteiger partial charge in [0.25, 0.3) is 0 Å². The predicted octanol–water partition coefficient (Wildman–Crippen LogP) is 1.15. The Hall–Kier alpha value is -2.10. The van der Waals surface area contributed by atoms with Gasteiger partial charge in [0.05, 0.1) is 14.2 Å². The van der Waals surface area contributed by atoms with Crippen molar-refractivity contribution in [2.24, 2.45) is 5.92 Å². The van der Waals surface area contributed by atoms with E-state index in [9.17, 15) is 17.8 Å². The van der Waals surface area contributed by atoms with Crippen molar-refractivity contribution in [3.05, 3.63) is 35.1 Å². The quantitative estimate of drug-likeness (QED) is 0.731. The molecule has 1 aromatic carbocycles. The van der Waals surface area contributed by atoms with Crippen LogP contribution in [0.4, 0.5) is 0 Å². The third-order valence-corrected chi connectivity index (χ3v) is 6.28. The summed E-state index contributed by atoms with van der Waals surface area (Å²) in [4.78, 5) is 12.7. The maximum Gasteiger partial charge on any atom is 0.446 e. The average molecular weight is 395 g/mol. The van der Waals surface area contributed by atoms with Crippen molar-refractivity contribution in [3.8, 4) is 11.5 Å². The summed E-state index contributed by atoms with van der Waals surface area (Å²) in [5.41, 5.74) is 0.865. The molecule has 1 fully saturated rings. The van der Waals surface area contributed by atoms with Gasteiger partial charge in [-0.3, -0.25) is 9.35 Å². The van der Waals surface area contributed by atoms with Crippen LogP contribution in [-0.2, 0) is 31.8 Å². The highest BCUT2D eigenvalue weighted by atomic mass is 32.3. The number of ketones is 1. The summed E-state index contributed by atoms with van der Waals surface area (Å²) in [5, 5.41) is 3.49. The summed E-state index contributed by atoms with van der Waals surface area (Å²) in [6.45, 7) is 0.687. The molecule has 2 aliphatic carbocycles. The maximum absolute atomic E-state index is 12.7. The van der Waals surface area contributed by atoms with Crippen molar-refractivity contribution in [3.63, 3.8) is 0 Å². The van der Waals surface area contributed by atoms with Crippen LogP contribution >= 0.6 is 0 Å². The highest BCUT2D eigenvalue weighted by Gasteiger charge is 2.55.